The molecule has 0 saturated heterocycles. The minimum absolute atomic E-state index is 0.0309. The van der Waals surface area contributed by atoms with Crippen LogP contribution in [0.15, 0.2) is 51.6 Å². The van der Waals surface area contributed by atoms with Gasteiger partial charge in [0.05, 0.1) is 6.26 Å². The fraction of sp³-hybridized carbons (Fsp3) is 0.176. The third-order valence-electron chi connectivity index (χ3n) is 3.96. The maximum absolute atomic E-state index is 13.0. The minimum Gasteiger partial charge on any atom is -0.469 e. The van der Waals surface area contributed by atoms with Crippen molar-refractivity contribution in [2.45, 2.75) is 18.8 Å². The summed E-state index contributed by atoms with van der Waals surface area (Å²) in [7, 11) is 0. The molecule has 0 spiro atoms. The van der Waals surface area contributed by atoms with E-state index in [2.05, 4.69) is 10.5 Å². The van der Waals surface area contributed by atoms with Crippen molar-refractivity contribution in [2.24, 2.45) is 0 Å². The van der Waals surface area contributed by atoms with E-state index in [1.165, 1.54) is 12.1 Å². The number of fused-ring (bicyclic) bond motifs is 1. The SMILES string of the molecule is O=C1CC(c2ccco2)Cc2onc(Nc3ccc(F)cc3)c21. The predicted molar refractivity (Wildman–Crippen MR) is 80.3 cm³/mol. The van der Waals surface area contributed by atoms with E-state index in [4.69, 9.17) is 8.94 Å². The summed E-state index contributed by atoms with van der Waals surface area (Å²) in [6, 6.07) is 9.49. The lowest BCUT2D eigenvalue weighted by Gasteiger charge is -2.18. The van der Waals surface area contributed by atoms with Crippen LogP contribution in [0.2, 0.25) is 0 Å². The summed E-state index contributed by atoms with van der Waals surface area (Å²) in [6.45, 7) is 0. The molecule has 0 aliphatic heterocycles. The molecule has 1 aromatic carbocycles. The number of rotatable bonds is 3. The van der Waals surface area contributed by atoms with Crippen molar-refractivity contribution in [3.63, 3.8) is 0 Å². The molecule has 5 nitrogen and oxygen atoms in total. The van der Waals surface area contributed by atoms with Crippen molar-refractivity contribution in [2.75, 3.05) is 5.32 Å². The van der Waals surface area contributed by atoms with Gasteiger partial charge < -0.3 is 14.3 Å². The molecular formula is C17H13FN2O3. The number of Topliss-reactive ketones (excluding diaryl/α,β-unsaturated/α-hetero) is 1. The molecule has 1 N–H and O–H groups in total. The van der Waals surface area contributed by atoms with Gasteiger partial charge in [-0.05, 0) is 36.4 Å². The highest BCUT2D eigenvalue weighted by Gasteiger charge is 2.34. The average Bonchev–Trinajstić information content (AvgIpc) is 3.20. The fourth-order valence-corrected chi connectivity index (χ4v) is 2.85. The molecule has 0 fully saturated rings. The molecular weight excluding hydrogens is 299 g/mol. The molecule has 1 aliphatic carbocycles. The topological polar surface area (TPSA) is 68.3 Å². The second-order valence-corrected chi connectivity index (χ2v) is 5.51. The molecule has 0 amide bonds. The number of benzene rings is 1. The molecule has 1 aliphatic rings. The largest absolute Gasteiger partial charge is 0.469 e. The average molecular weight is 312 g/mol. The molecule has 3 aromatic rings. The van der Waals surface area contributed by atoms with Crippen LogP contribution < -0.4 is 5.32 Å². The summed E-state index contributed by atoms with van der Waals surface area (Å²) in [5.74, 6) is 1.29. The first-order valence-corrected chi connectivity index (χ1v) is 7.28. The van der Waals surface area contributed by atoms with Gasteiger partial charge in [-0.3, -0.25) is 4.79 Å². The van der Waals surface area contributed by atoms with Crippen LogP contribution >= 0.6 is 0 Å². The normalized spacial score (nSPS) is 17.1. The molecule has 0 bridgehead atoms. The van der Waals surface area contributed by atoms with Crippen LogP contribution in [-0.2, 0) is 6.42 Å². The monoisotopic (exact) mass is 312 g/mol. The standard InChI is InChI=1S/C17H13FN2O3/c18-11-3-5-12(6-4-11)19-17-16-13(21)8-10(9-15(16)23-20-17)14-2-1-7-22-14/h1-7,10H,8-9H2,(H,19,20). The highest BCUT2D eigenvalue weighted by atomic mass is 19.1. The van der Waals surface area contributed by atoms with Gasteiger partial charge in [-0.15, -0.1) is 0 Å². The van der Waals surface area contributed by atoms with E-state index in [0.29, 0.717) is 35.7 Å². The van der Waals surface area contributed by atoms with Crippen molar-refractivity contribution in [3.8, 4) is 0 Å². The summed E-state index contributed by atoms with van der Waals surface area (Å²) in [4.78, 5) is 12.5. The van der Waals surface area contributed by atoms with Gasteiger partial charge in [0.2, 0.25) is 0 Å². The van der Waals surface area contributed by atoms with E-state index in [1.54, 1.807) is 24.5 Å². The third kappa shape index (κ3) is 2.52. The Morgan fingerprint density at radius 1 is 1.17 bits per heavy atom. The molecule has 2 heterocycles. The Bertz CT molecular complexity index is 837. The summed E-state index contributed by atoms with van der Waals surface area (Å²) in [5, 5.41) is 6.95. The number of furan rings is 1. The number of halogens is 1. The van der Waals surface area contributed by atoms with E-state index in [0.717, 1.165) is 5.76 Å². The molecule has 116 valence electrons. The van der Waals surface area contributed by atoms with Crippen molar-refractivity contribution in [1.82, 2.24) is 5.16 Å². The number of nitrogens with zero attached hydrogens (tertiary/aromatic N) is 1. The Labute approximate surface area is 131 Å². The van der Waals surface area contributed by atoms with E-state index in [1.807, 2.05) is 6.07 Å². The predicted octanol–water partition coefficient (Wildman–Crippen LogP) is 4.06. The molecule has 2 aromatic heterocycles. The molecule has 4 rings (SSSR count). The zero-order chi connectivity index (χ0) is 15.8. The Morgan fingerprint density at radius 3 is 2.74 bits per heavy atom. The Balaban J connectivity index is 1.61. The Kier molecular flexibility index (Phi) is 3.22. The first kappa shape index (κ1) is 13.8. The van der Waals surface area contributed by atoms with Crippen LogP contribution in [0.4, 0.5) is 15.9 Å². The molecule has 1 unspecified atom stereocenters. The highest BCUT2D eigenvalue weighted by Crippen LogP contribution is 2.36. The molecule has 6 heteroatoms. The van der Waals surface area contributed by atoms with Gasteiger partial charge in [0.25, 0.3) is 0 Å². The van der Waals surface area contributed by atoms with Crippen LogP contribution in [0, 0.1) is 5.82 Å². The van der Waals surface area contributed by atoms with E-state index in [9.17, 15) is 9.18 Å². The second-order valence-electron chi connectivity index (χ2n) is 5.51. The number of aromatic nitrogens is 1. The lowest BCUT2D eigenvalue weighted by molar-refractivity contribution is 0.0956. The number of carbonyl (C=O) groups excluding carboxylic acids is 1. The van der Waals surface area contributed by atoms with Crippen molar-refractivity contribution in [3.05, 3.63) is 65.6 Å². The van der Waals surface area contributed by atoms with Gasteiger partial charge in [-0.1, -0.05) is 5.16 Å². The number of nitrogens with one attached hydrogen (secondary N) is 1. The van der Waals surface area contributed by atoms with Crippen molar-refractivity contribution < 1.29 is 18.1 Å². The Morgan fingerprint density at radius 2 is 2.00 bits per heavy atom. The zero-order valence-corrected chi connectivity index (χ0v) is 12.1. The maximum atomic E-state index is 13.0. The lowest BCUT2D eigenvalue weighted by atomic mass is 9.85. The third-order valence-corrected chi connectivity index (χ3v) is 3.96. The summed E-state index contributed by atoms with van der Waals surface area (Å²) in [6.07, 6.45) is 2.50. The first-order chi connectivity index (χ1) is 11.2. The van der Waals surface area contributed by atoms with Gasteiger partial charge in [-0.2, -0.15) is 0 Å². The van der Waals surface area contributed by atoms with Crippen molar-refractivity contribution in [1.29, 1.82) is 0 Å². The smallest absolute Gasteiger partial charge is 0.185 e. The summed E-state index contributed by atoms with van der Waals surface area (Å²) in [5.41, 5.74) is 1.11. The number of anilines is 2. The van der Waals surface area contributed by atoms with Gasteiger partial charge in [0, 0.05) is 24.4 Å². The van der Waals surface area contributed by atoms with Crippen LogP contribution in [0.5, 0.6) is 0 Å². The zero-order valence-electron chi connectivity index (χ0n) is 12.1. The van der Waals surface area contributed by atoms with Crippen LogP contribution in [-0.4, -0.2) is 10.9 Å². The van der Waals surface area contributed by atoms with Crippen LogP contribution in [0.1, 0.15) is 34.2 Å². The Hall–Kier alpha value is -2.89. The minimum atomic E-state index is -0.324. The van der Waals surface area contributed by atoms with Crippen LogP contribution in [0.3, 0.4) is 0 Å². The molecule has 0 saturated carbocycles. The van der Waals surface area contributed by atoms with Gasteiger partial charge in [0.15, 0.2) is 17.4 Å². The molecule has 1 atom stereocenters. The summed E-state index contributed by atoms with van der Waals surface area (Å²) < 4.78 is 23.7. The number of hydrogen-bond donors (Lipinski definition) is 1. The number of ketones is 1. The van der Waals surface area contributed by atoms with Gasteiger partial charge in [-0.25, -0.2) is 4.39 Å². The van der Waals surface area contributed by atoms with E-state index in [-0.39, 0.29) is 17.5 Å². The number of carbonyl (C=O) groups is 1. The summed E-state index contributed by atoms with van der Waals surface area (Å²) >= 11 is 0. The molecule has 0 radical (unpaired) electrons. The lowest BCUT2D eigenvalue weighted by Crippen LogP contribution is -2.17. The van der Waals surface area contributed by atoms with Crippen molar-refractivity contribution >= 4 is 17.3 Å². The van der Waals surface area contributed by atoms with Crippen LogP contribution in [0.25, 0.3) is 0 Å². The molecule has 23 heavy (non-hydrogen) atoms. The first-order valence-electron chi connectivity index (χ1n) is 7.28. The van der Waals surface area contributed by atoms with Gasteiger partial charge >= 0.3 is 0 Å². The van der Waals surface area contributed by atoms with E-state index >= 15 is 0 Å². The second kappa shape index (κ2) is 5.39. The maximum Gasteiger partial charge on any atom is 0.185 e. The highest BCUT2D eigenvalue weighted by molar-refractivity contribution is 6.03. The fourth-order valence-electron chi connectivity index (χ4n) is 2.85. The quantitative estimate of drug-likeness (QED) is 0.789. The number of hydrogen-bond acceptors (Lipinski definition) is 5. The van der Waals surface area contributed by atoms with Gasteiger partial charge in [0.1, 0.15) is 17.1 Å². The van der Waals surface area contributed by atoms with E-state index < -0.39 is 0 Å².